The maximum Gasteiger partial charge on any atom is 0.229 e. The van der Waals surface area contributed by atoms with Gasteiger partial charge < -0.3 is 4.98 Å². The van der Waals surface area contributed by atoms with Crippen molar-refractivity contribution in [2.24, 2.45) is 0 Å². The molecule has 2 heterocycles. The molecule has 5 nitrogen and oxygen atoms in total. The first-order valence-electron chi connectivity index (χ1n) is 4.58. The molecule has 5 heteroatoms. The molecule has 2 rings (SSSR count). The summed E-state index contributed by atoms with van der Waals surface area (Å²) in [7, 11) is 0. The second-order valence-corrected chi connectivity index (χ2v) is 3.27. The zero-order chi connectivity index (χ0) is 9.97. The molecule has 1 aliphatic heterocycles. The van der Waals surface area contributed by atoms with Crippen molar-refractivity contribution in [3.05, 3.63) is 18.2 Å². The van der Waals surface area contributed by atoms with E-state index in [0.717, 1.165) is 5.69 Å². The van der Waals surface area contributed by atoms with E-state index in [4.69, 9.17) is 0 Å². The van der Waals surface area contributed by atoms with Crippen LogP contribution in [0.3, 0.4) is 0 Å². The molecule has 1 N–H and O–H groups in total. The molecule has 0 spiro atoms. The lowest BCUT2D eigenvalue weighted by Gasteiger charge is -2.12. The van der Waals surface area contributed by atoms with E-state index in [1.807, 2.05) is 0 Å². The van der Waals surface area contributed by atoms with Crippen LogP contribution in [0.1, 0.15) is 18.5 Å². The average Bonchev–Trinajstić information content (AvgIpc) is 2.76. The van der Waals surface area contributed by atoms with Gasteiger partial charge in [-0.15, -0.1) is 0 Å². The van der Waals surface area contributed by atoms with E-state index in [9.17, 15) is 9.59 Å². The van der Waals surface area contributed by atoms with Crippen LogP contribution in [0, 0.1) is 0 Å². The van der Waals surface area contributed by atoms with E-state index in [2.05, 4.69) is 9.97 Å². The summed E-state index contributed by atoms with van der Waals surface area (Å²) in [6.07, 6.45) is 4.66. The Morgan fingerprint density at radius 1 is 1.36 bits per heavy atom. The fourth-order valence-electron chi connectivity index (χ4n) is 1.53. The van der Waals surface area contributed by atoms with E-state index < -0.39 is 0 Å². The molecule has 0 aliphatic carbocycles. The number of amides is 2. The number of imidazole rings is 1. The van der Waals surface area contributed by atoms with Gasteiger partial charge in [0.1, 0.15) is 0 Å². The lowest BCUT2D eigenvalue weighted by Crippen LogP contribution is -2.31. The first-order valence-corrected chi connectivity index (χ1v) is 4.58. The van der Waals surface area contributed by atoms with Gasteiger partial charge in [0.2, 0.25) is 11.8 Å². The van der Waals surface area contributed by atoms with Crippen LogP contribution in [-0.4, -0.2) is 33.2 Å². The summed E-state index contributed by atoms with van der Waals surface area (Å²) < 4.78 is 0. The minimum absolute atomic E-state index is 0.0606. The number of nitrogens with one attached hydrogen (secondary N) is 1. The molecular weight excluding hydrogens is 182 g/mol. The summed E-state index contributed by atoms with van der Waals surface area (Å²) in [4.78, 5) is 30.6. The summed E-state index contributed by atoms with van der Waals surface area (Å²) in [5.41, 5.74) is 0.942. The second-order valence-electron chi connectivity index (χ2n) is 3.27. The van der Waals surface area contributed by atoms with Crippen molar-refractivity contribution in [1.82, 2.24) is 14.9 Å². The van der Waals surface area contributed by atoms with Gasteiger partial charge in [0, 0.05) is 37.7 Å². The average molecular weight is 193 g/mol. The molecule has 0 aromatic carbocycles. The number of imide groups is 1. The Hall–Kier alpha value is -1.65. The molecule has 0 unspecified atom stereocenters. The van der Waals surface area contributed by atoms with E-state index >= 15 is 0 Å². The molecule has 1 fully saturated rings. The van der Waals surface area contributed by atoms with Crippen molar-refractivity contribution >= 4 is 11.8 Å². The zero-order valence-electron chi connectivity index (χ0n) is 7.69. The van der Waals surface area contributed by atoms with Crippen LogP contribution in [0.25, 0.3) is 0 Å². The van der Waals surface area contributed by atoms with Crippen LogP contribution in [0.5, 0.6) is 0 Å². The Bertz CT molecular complexity index is 329. The van der Waals surface area contributed by atoms with Gasteiger partial charge in [0.15, 0.2) is 0 Å². The van der Waals surface area contributed by atoms with E-state index in [1.54, 1.807) is 12.5 Å². The lowest BCUT2D eigenvalue weighted by atomic mass is 10.3. The molecule has 74 valence electrons. The van der Waals surface area contributed by atoms with Gasteiger partial charge in [-0.25, -0.2) is 4.98 Å². The predicted molar refractivity (Wildman–Crippen MR) is 48.2 cm³/mol. The maximum absolute atomic E-state index is 11.2. The Labute approximate surface area is 81.1 Å². The Balaban J connectivity index is 1.92. The Kier molecular flexibility index (Phi) is 2.30. The normalized spacial score (nSPS) is 16.7. The SMILES string of the molecule is O=C1CCC(=O)N1CCc1cnc[nH]1. The second kappa shape index (κ2) is 3.61. The number of carbonyl (C=O) groups excluding carboxylic acids is 2. The third kappa shape index (κ3) is 1.66. The molecule has 1 aliphatic rings. The number of hydrogen-bond acceptors (Lipinski definition) is 3. The highest BCUT2D eigenvalue weighted by Crippen LogP contribution is 2.11. The van der Waals surface area contributed by atoms with Gasteiger partial charge in [-0.3, -0.25) is 14.5 Å². The van der Waals surface area contributed by atoms with Gasteiger partial charge in [0.25, 0.3) is 0 Å². The van der Waals surface area contributed by atoms with Crippen LogP contribution in [0.2, 0.25) is 0 Å². The van der Waals surface area contributed by atoms with Crippen LogP contribution < -0.4 is 0 Å². The molecule has 0 atom stereocenters. The Morgan fingerprint density at radius 2 is 2.07 bits per heavy atom. The highest BCUT2D eigenvalue weighted by molar-refractivity contribution is 6.01. The number of H-pyrrole nitrogens is 1. The summed E-state index contributed by atoms with van der Waals surface area (Å²) in [6.45, 7) is 0.458. The molecule has 1 aromatic rings. The summed E-state index contributed by atoms with van der Waals surface area (Å²) in [6, 6.07) is 0. The standard InChI is InChI=1S/C9H11N3O2/c13-8-1-2-9(14)12(8)4-3-7-5-10-6-11-7/h5-6H,1-4H2,(H,10,11). The third-order valence-corrected chi connectivity index (χ3v) is 2.31. The van der Waals surface area contributed by atoms with Gasteiger partial charge in [-0.1, -0.05) is 0 Å². The number of aromatic nitrogens is 2. The predicted octanol–water partition coefficient (Wildman–Crippen LogP) is 0.101. The summed E-state index contributed by atoms with van der Waals surface area (Å²) in [5.74, 6) is -0.121. The Morgan fingerprint density at radius 3 is 2.64 bits per heavy atom. The van der Waals surface area contributed by atoms with Crippen molar-refractivity contribution in [1.29, 1.82) is 0 Å². The number of rotatable bonds is 3. The van der Waals surface area contributed by atoms with Crippen LogP contribution in [0.4, 0.5) is 0 Å². The van der Waals surface area contributed by atoms with Crippen molar-refractivity contribution in [3.8, 4) is 0 Å². The molecule has 1 saturated heterocycles. The van der Waals surface area contributed by atoms with Crippen molar-refractivity contribution in [2.45, 2.75) is 19.3 Å². The van der Waals surface area contributed by atoms with E-state index in [1.165, 1.54) is 4.90 Å². The number of nitrogens with zero attached hydrogens (tertiary/aromatic N) is 2. The molecule has 0 radical (unpaired) electrons. The van der Waals surface area contributed by atoms with Gasteiger partial charge in [-0.2, -0.15) is 0 Å². The smallest absolute Gasteiger partial charge is 0.229 e. The maximum atomic E-state index is 11.2. The number of hydrogen-bond donors (Lipinski definition) is 1. The van der Waals surface area contributed by atoms with Crippen molar-refractivity contribution in [2.75, 3.05) is 6.54 Å². The van der Waals surface area contributed by atoms with Gasteiger partial charge in [0.05, 0.1) is 6.33 Å². The van der Waals surface area contributed by atoms with Crippen molar-refractivity contribution in [3.63, 3.8) is 0 Å². The fourth-order valence-corrected chi connectivity index (χ4v) is 1.53. The summed E-state index contributed by atoms with van der Waals surface area (Å²) >= 11 is 0. The molecule has 0 saturated carbocycles. The van der Waals surface area contributed by atoms with E-state index in [0.29, 0.717) is 25.8 Å². The number of carbonyl (C=O) groups is 2. The van der Waals surface area contributed by atoms with Crippen LogP contribution in [0.15, 0.2) is 12.5 Å². The van der Waals surface area contributed by atoms with Crippen LogP contribution in [-0.2, 0) is 16.0 Å². The summed E-state index contributed by atoms with van der Waals surface area (Å²) in [5, 5.41) is 0. The first-order chi connectivity index (χ1) is 6.77. The molecule has 14 heavy (non-hydrogen) atoms. The highest BCUT2D eigenvalue weighted by atomic mass is 16.2. The minimum Gasteiger partial charge on any atom is -0.348 e. The van der Waals surface area contributed by atoms with Crippen molar-refractivity contribution < 1.29 is 9.59 Å². The quantitative estimate of drug-likeness (QED) is 0.692. The third-order valence-electron chi connectivity index (χ3n) is 2.31. The number of aromatic amines is 1. The molecule has 0 bridgehead atoms. The van der Waals surface area contributed by atoms with E-state index in [-0.39, 0.29) is 11.8 Å². The zero-order valence-corrected chi connectivity index (χ0v) is 7.69. The molecule has 2 amide bonds. The largest absolute Gasteiger partial charge is 0.348 e. The van der Waals surface area contributed by atoms with Crippen LogP contribution >= 0.6 is 0 Å². The molecule has 1 aromatic heterocycles. The minimum atomic E-state index is -0.0606. The molecular formula is C9H11N3O2. The highest BCUT2D eigenvalue weighted by Gasteiger charge is 2.28. The monoisotopic (exact) mass is 193 g/mol. The fraction of sp³-hybridized carbons (Fsp3) is 0.444. The number of likely N-dealkylation sites (tertiary alicyclic amines) is 1. The van der Waals surface area contributed by atoms with Gasteiger partial charge >= 0.3 is 0 Å². The topological polar surface area (TPSA) is 66.1 Å². The van der Waals surface area contributed by atoms with Gasteiger partial charge in [-0.05, 0) is 0 Å². The first kappa shape index (κ1) is 8.93. The lowest BCUT2D eigenvalue weighted by molar-refractivity contribution is -0.138.